The Morgan fingerprint density at radius 3 is 2.52 bits per heavy atom. The molecule has 0 saturated carbocycles. The lowest BCUT2D eigenvalue weighted by Gasteiger charge is -2.19. The van der Waals surface area contributed by atoms with Gasteiger partial charge in [0.15, 0.2) is 11.3 Å². The molecule has 0 bridgehead atoms. The van der Waals surface area contributed by atoms with E-state index in [4.69, 9.17) is 9.83 Å². The number of pyridine rings is 1. The quantitative estimate of drug-likeness (QED) is 0.326. The summed E-state index contributed by atoms with van der Waals surface area (Å²) in [6.07, 6.45) is 0. The van der Waals surface area contributed by atoms with E-state index in [1.807, 2.05) is 0 Å². The average molecular weight is 467 g/mol. The van der Waals surface area contributed by atoms with Gasteiger partial charge in [0.05, 0.1) is 11.3 Å². The van der Waals surface area contributed by atoms with Crippen LogP contribution < -0.4 is 16.5 Å². The van der Waals surface area contributed by atoms with Gasteiger partial charge in [0.2, 0.25) is 0 Å². The molecule has 4 rings (SSSR count). The first-order chi connectivity index (χ1) is 15.7. The summed E-state index contributed by atoms with van der Waals surface area (Å²) >= 11 is 0.753. The number of anilines is 1. The largest absolute Gasteiger partial charge is 0.508 e. The Balaban J connectivity index is 2.12. The van der Waals surface area contributed by atoms with Crippen molar-refractivity contribution >= 4 is 34.3 Å². The number of aromatic hydroxyl groups is 2. The van der Waals surface area contributed by atoms with Gasteiger partial charge in [-0.2, -0.15) is 0 Å². The second-order valence-electron chi connectivity index (χ2n) is 7.09. The number of benzene rings is 2. The predicted octanol–water partition coefficient (Wildman–Crippen LogP) is 4.07. The molecule has 8 nitrogen and oxygen atoms in total. The third-order valence-electron chi connectivity index (χ3n) is 4.88. The molecule has 2 aromatic carbocycles. The molecule has 0 radical (unpaired) electrons. The summed E-state index contributed by atoms with van der Waals surface area (Å²) < 4.78 is 20.2. The van der Waals surface area contributed by atoms with Gasteiger partial charge in [0.1, 0.15) is 27.7 Å². The summed E-state index contributed by atoms with van der Waals surface area (Å²) in [6.45, 7) is 1.44. The zero-order chi connectivity index (χ0) is 23.9. The molecule has 0 amide bonds. The highest BCUT2D eigenvalue weighted by molar-refractivity contribution is 7.99. The van der Waals surface area contributed by atoms with Crippen molar-refractivity contribution in [3.63, 3.8) is 0 Å². The van der Waals surface area contributed by atoms with Crippen molar-refractivity contribution in [3.8, 4) is 17.2 Å². The molecule has 168 valence electrons. The van der Waals surface area contributed by atoms with E-state index in [-0.39, 0.29) is 44.4 Å². The molecule has 4 aromatic rings. The number of hydrogen-bond acceptors (Lipinski definition) is 8. The van der Waals surface area contributed by atoms with Gasteiger partial charge in [0.25, 0.3) is 5.56 Å². The van der Waals surface area contributed by atoms with Gasteiger partial charge in [0, 0.05) is 23.7 Å². The van der Waals surface area contributed by atoms with Crippen molar-refractivity contribution in [1.29, 1.82) is 5.41 Å². The van der Waals surface area contributed by atoms with E-state index in [1.165, 1.54) is 54.9 Å². The second-order valence-corrected chi connectivity index (χ2v) is 8.17. The van der Waals surface area contributed by atoms with Gasteiger partial charge in [-0.15, -0.1) is 0 Å². The molecular formula is C23H18FN3O5S. The minimum absolute atomic E-state index is 0.0358. The maximum absolute atomic E-state index is 13.6. The first-order valence-corrected chi connectivity index (χ1v) is 10.5. The van der Waals surface area contributed by atoms with Crippen LogP contribution in [0.3, 0.4) is 0 Å². The number of nitrogens with one attached hydrogen (secondary N) is 2. The van der Waals surface area contributed by atoms with Gasteiger partial charge in [-0.3, -0.25) is 9.36 Å². The number of nitrogens with zero attached hydrogens (tertiary/aromatic N) is 1. The van der Waals surface area contributed by atoms with E-state index in [1.54, 1.807) is 12.1 Å². The van der Waals surface area contributed by atoms with Crippen LogP contribution in [0.5, 0.6) is 11.5 Å². The summed E-state index contributed by atoms with van der Waals surface area (Å²) in [6, 6.07) is 11.3. The first-order valence-electron chi connectivity index (χ1n) is 9.67. The summed E-state index contributed by atoms with van der Waals surface area (Å²) in [5, 5.41) is 31.7. The fraction of sp³-hybridized carbons (Fsp3) is 0.0870. The van der Waals surface area contributed by atoms with Gasteiger partial charge in [-0.25, -0.2) is 9.18 Å². The maximum Gasteiger partial charge on any atom is 0.354 e. The summed E-state index contributed by atoms with van der Waals surface area (Å²) in [7, 11) is 1.53. The smallest absolute Gasteiger partial charge is 0.354 e. The van der Waals surface area contributed by atoms with E-state index in [0.29, 0.717) is 4.90 Å². The standard InChI is InChI=1S/C23H18FN3O5S/c1-11(25)16-19-17(22(30)27(21(16)26-2)13-6-4-7-14(28)10-13)18(29)20(23(31)32-19)33-15-8-3-5-12(24)9-15/h3-10,25-26,28-29H,1-2H3. The minimum atomic E-state index is -0.937. The van der Waals surface area contributed by atoms with Crippen LogP contribution in [-0.2, 0) is 0 Å². The number of halogens is 1. The van der Waals surface area contributed by atoms with E-state index in [0.717, 1.165) is 11.8 Å². The number of hydrogen-bond donors (Lipinski definition) is 4. The Morgan fingerprint density at radius 2 is 1.88 bits per heavy atom. The van der Waals surface area contributed by atoms with Gasteiger partial charge in [-0.1, -0.05) is 23.9 Å². The molecule has 0 fully saturated rings. The first kappa shape index (κ1) is 22.2. The van der Waals surface area contributed by atoms with E-state index >= 15 is 0 Å². The third kappa shape index (κ3) is 3.85. The molecule has 0 aliphatic carbocycles. The van der Waals surface area contributed by atoms with Crippen LogP contribution in [0.15, 0.2) is 72.3 Å². The van der Waals surface area contributed by atoms with Crippen LogP contribution in [0, 0.1) is 11.2 Å². The Morgan fingerprint density at radius 1 is 1.15 bits per heavy atom. The fourth-order valence-electron chi connectivity index (χ4n) is 3.52. The predicted molar refractivity (Wildman–Crippen MR) is 124 cm³/mol. The lowest BCUT2D eigenvalue weighted by atomic mass is 10.1. The topological polar surface area (TPSA) is 129 Å². The normalized spacial score (nSPS) is 11.0. The zero-order valence-electron chi connectivity index (χ0n) is 17.5. The Kier molecular flexibility index (Phi) is 5.69. The monoisotopic (exact) mass is 467 g/mol. The molecule has 0 aliphatic heterocycles. The van der Waals surface area contributed by atoms with Crippen LogP contribution in [0.2, 0.25) is 0 Å². The summed E-state index contributed by atoms with van der Waals surface area (Å²) in [4.78, 5) is 26.3. The third-order valence-corrected chi connectivity index (χ3v) is 5.93. The second kappa shape index (κ2) is 8.47. The Bertz CT molecular complexity index is 1540. The highest BCUT2D eigenvalue weighted by Gasteiger charge is 2.26. The number of aromatic nitrogens is 1. The molecular weight excluding hydrogens is 449 g/mol. The highest BCUT2D eigenvalue weighted by atomic mass is 32.2. The molecule has 2 aromatic heterocycles. The molecule has 0 unspecified atom stereocenters. The molecule has 0 atom stereocenters. The highest BCUT2D eigenvalue weighted by Crippen LogP contribution is 2.38. The molecule has 0 spiro atoms. The van der Waals surface area contributed by atoms with Gasteiger partial charge >= 0.3 is 5.63 Å². The van der Waals surface area contributed by atoms with Crippen LogP contribution in [0.1, 0.15) is 12.5 Å². The van der Waals surface area contributed by atoms with Crippen molar-refractivity contribution in [2.45, 2.75) is 16.7 Å². The molecule has 4 N–H and O–H groups in total. The zero-order valence-corrected chi connectivity index (χ0v) is 18.3. The van der Waals surface area contributed by atoms with Crippen molar-refractivity contribution in [2.75, 3.05) is 12.4 Å². The molecule has 0 saturated heterocycles. The van der Waals surface area contributed by atoms with Crippen molar-refractivity contribution in [2.24, 2.45) is 0 Å². The molecule has 2 heterocycles. The molecule has 33 heavy (non-hydrogen) atoms. The number of fused-ring (bicyclic) bond motifs is 1. The van der Waals surface area contributed by atoms with E-state index < -0.39 is 22.8 Å². The summed E-state index contributed by atoms with van der Waals surface area (Å²) in [5.41, 5.74) is -1.62. The number of rotatable bonds is 5. The fourth-order valence-corrected chi connectivity index (χ4v) is 4.39. The van der Waals surface area contributed by atoms with Crippen molar-refractivity contribution in [3.05, 3.63) is 80.7 Å². The number of phenols is 1. The van der Waals surface area contributed by atoms with Crippen LogP contribution in [0.25, 0.3) is 16.7 Å². The average Bonchev–Trinajstić information content (AvgIpc) is 2.75. The van der Waals surface area contributed by atoms with Crippen LogP contribution >= 0.6 is 11.8 Å². The lowest BCUT2D eigenvalue weighted by molar-refractivity contribution is 0.446. The van der Waals surface area contributed by atoms with Crippen molar-refractivity contribution < 1.29 is 19.0 Å². The van der Waals surface area contributed by atoms with Gasteiger partial charge < -0.3 is 25.4 Å². The summed E-state index contributed by atoms with van der Waals surface area (Å²) in [5.74, 6) is -1.13. The van der Waals surface area contributed by atoms with Crippen molar-refractivity contribution in [1.82, 2.24) is 4.57 Å². The Labute approximate surface area is 190 Å². The van der Waals surface area contributed by atoms with E-state index in [2.05, 4.69) is 5.32 Å². The van der Waals surface area contributed by atoms with Crippen LogP contribution in [-0.4, -0.2) is 27.5 Å². The maximum atomic E-state index is 13.6. The van der Waals surface area contributed by atoms with Gasteiger partial charge in [-0.05, 0) is 37.3 Å². The molecule has 0 aliphatic rings. The lowest BCUT2D eigenvalue weighted by Crippen LogP contribution is -2.25. The number of phenolic OH excluding ortho intramolecular Hbond substituents is 1. The van der Waals surface area contributed by atoms with Crippen LogP contribution in [0.4, 0.5) is 10.2 Å². The Hall–Kier alpha value is -4.05. The minimum Gasteiger partial charge on any atom is -0.508 e. The van der Waals surface area contributed by atoms with E-state index in [9.17, 15) is 24.2 Å². The molecule has 10 heteroatoms. The SMILES string of the molecule is CNc1c(C(C)=N)c2oc(=O)c(Sc3cccc(F)c3)c(O)c2c(=O)n1-c1cccc(O)c1.